The van der Waals surface area contributed by atoms with Gasteiger partial charge in [0.2, 0.25) is 0 Å². The van der Waals surface area contributed by atoms with Gasteiger partial charge in [0.1, 0.15) is 11.5 Å². The van der Waals surface area contributed by atoms with E-state index in [2.05, 4.69) is 0 Å². The lowest BCUT2D eigenvalue weighted by Crippen LogP contribution is -2.49. The number of aliphatic hydroxyl groups is 1. The molecule has 150 valence electrons. The lowest BCUT2D eigenvalue weighted by atomic mass is 9.54. The monoisotopic (exact) mass is 388 g/mol. The summed E-state index contributed by atoms with van der Waals surface area (Å²) in [6, 6.07) is 1.81. The molecule has 0 amide bonds. The highest BCUT2D eigenvalue weighted by molar-refractivity contribution is 5.88. The zero-order valence-electron chi connectivity index (χ0n) is 16.0. The largest absolute Gasteiger partial charge is 0.472 e. The molecule has 6 atom stereocenters. The van der Waals surface area contributed by atoms with E-state index in [1.165, 1.54) is 7.11 Å². The van der Waals surface area contributed by atoms with Gasteiger partial charge >= 0.3 is 11.9 Å². The van der Waals surface area contributed by atoms with Gasteiger partial charge in [-0.25, -0.2) is 0 Å². The second kappa shape index (κ2) is 5.94. The van der Waals surface area contributed by atoms with Gasteiger partial charge < -0.3 is 23.7 Å². The van der Waals surface area contributed by atoms with Crippen LogP contribution in [0.5, 0.6) is 0 Å². The number of methoxy groups -OCH3 is 1. The molecular weight excluding hydrogens is 364 g/mol. The van der Waals surface area contributed by atoms with E-state index < -0.39 is 23.1 Å². The Kier molecular flexibility index (Phi) is 3.81. The van der Waals surface area contributed by atoms with E-state index in [0.717, 1.165) is 16.7 Å². The van der Waals surface area contributed by atoms with E-state index in [0.29, 0.717) is 32.1 Å². The van der Waals surface area contributed by atoms with E-state index in [9.17, 15) is 14.7 Å². The molecule has 5 rings (SSSR count). The molecule has 0 unspecified atom stereocenters. The van der Waals surface area contributed by atoms with Crippen LogP contribution in [0.2, 0.25) is 0 Å². The molecule has 2 aliphatic heterocycles. The fourth-order valence-electron chi connectivity index (χ4n) is 6.06. The summed E-state index contributed by atoms with van der Waals surface area (Å²) < 4.78 is 21.9. The molecule has 4 aliphatic rings. The second-order valence-electron chi connectivity index (χ2n) is 8.45. The molecule has 1 aromatic heterocycles. The molecule has 0 saturated carbocycles. The van der Waals surface area contributed by atoms with Crippen LogP contribution in [0.1, 0.15) is 50.7 Å². The molecule has 0 radical (unpaired) electrons. The molecule has 2 aliphatic carbocycles. The zero-order valence-corrected chi connectivity index (χ0v) is 16.0. The predicted octanol–water partition coefficient (Wildman–Crippen LogP) is 2.65. The van der Waals surface area contributed by atoms with Gasteiger partial charge in [-0.2, -0.15) is 0 Å². The number of furan rings is 1. The SMILES string of the molecule is COC(=O)[C@@]12CCCC3=C1[C@H](C[C@@H](C)[C@@]31C[C@@H](c3ccoc3)OC1=O)O[C@@H]2O. The Balaban J connectivity index is 1.67. The van der Waals surface area contributed by atoms with Gasteiger partial charge in [0, 0.05) is 12.0 Å². The van der Waals surface area contributed by atoms with Crippen LogP contribution in [0.25, 0.3) is 0 Å². The van der Waals surface area contributed by atoms with Crippen LogP contribution in [0, 0.1) is 16.7 Å². The smallest absolute Gasteiger partial charge is 0.321 e. The molecule has 2 fully saturated rings. The van der Waals surface area contributed by atoms with Gasteiger partial charge in [0.15, 0.2) is 6.29 Å². The first-order valence-electron chi connectivity index (χ1n) is 9.84. The van der Waals surface area contributed by atoms with E-state index >= 15 is 0 Å². The van der Waals surface area contributed by atoms with Gasteiger partial charge in [0.05, 0.1) is 31.2 Å². The summed E-state index contributed by atoms with van der Waals surface area (Å²) in [5, 5.41) is 10.7. The van der Waals surface area contributed by atoms with Crippen LogP contribution < -0.4 is 0 Å². The van der Waals surface area contributed by atoms with Crippen molar-refractivity contribution in [3.05, 3.63) is 35.3 Å². The number of ether oxygens (including phenoxy) is 3. The zero-order chi connectivity index (χ0) is 19.7. The van der Waals surface area contributed by atoms with Gasteiger partial charge in [-0.05, 0) is 48.8 Å². The minimum absolute atomic E-state index is 0.0283. The maximum absolute atomic E-state index is 13.3. The molecule has 7 heteroatoms. The van der Waals surface area contributed by atoms with Crippen LogP contribution in [0.15, 0.2) is 34.2 Å². The van der Waals surface area contributed by atoms with Crippen molar-refractivity contribution in [1.29, 1.82) is 0 Å². The third kappa shape index (κ3) is 2.01. The van der Waals surface area contributed by atoms with Crippen molar-refractivity contribution < 1.29 is 33.3 Å². The topological polar surface area (TPSA) is 95.2 Å². The highest BCUT2D eigenvalue weighted by atomic mass is 16.6. The first kappa shape index (κ1) is 17.9. The molecule has 1 spiro atoms. The molecule has 1 aromatic rings. The predicted molar refractivity (Wildman–Crippen MR) is 94.6 cm³/mol. The Bertz CT molecular complexity index is 856. The molecule has 2 saturated heterocycles. The summed E-state index contributed by atoms with van der Waals surface area (Å²) in [4.78, 5) is 26.1. The highest BCUT2D eigenvalue weighted by Gasteiger charge is 2.68. The van der Waals surface area contributed by atoms with Gasteiger partial charge in [-0.3, -0.25) is 9.59 Å². The summed E-state index contributed by atoms with van der Waals surface area (Å²) in [5.74, 6) is -0.772. The average molecular weight is 388 g/mol. The number of aliphatic hydroxyl groups excluding tert-OH is 1. The maximum Gasteiger partial charge on any atom is 0.321 e. The van der Waals surface area contributed by atoms with Gasteiger partial charge in [0.25, 0.3) is 0 Å². The van der Waals surface area contributed by atoms with E-state index in [4.69, 9.17) is 18.6 Å². The third-order valence-electron chi connectivity index (χ3n) is 7.37. The van der Waals surface area contributed by atoms with E-state index in [1.807, 2.05) is 13.0 Å². The lowest BCUT2D eigenvalue weighted by Gasteiger charge is -2.46. The number of hydrogen-bond acceptors (Lipinski definition) is 7. The molecule has 7 nitrogen and oxygen atoms in total. The molecular formula is C21H24O7. The van der Waals surface area contributed by atoms with Gasteiger partial charge in [-0.15, -0.1) is 0 Å². The minimum Gasteiger partial charge on any atom is -0.472 e. The number of rotatable bonds is 2. The van der Waals surface area contributed by atoms with Crippen molar-refractivity contribution in [3.8, 4) is 0 Å². The van der Waals surface area contributed by atoms with Crippen molar-refractivity contribution in [2.24, 2.45) is 16.7 Å². The summed E-state index contributed by atoms with van der Waals surface area (Å²) in [6.07, 6.45) is 4.07. The summed E-state index contributed by atoms with van der Waals surface area (Å²) >= 11 is 0. The lowest BCUT2D eigenvalue weighted by molar-refractivity contribution is -0.177. The summed E-state index contributed by atoms with van der Waals surface area (Å²) in [7, 11) is 1.33. The molecule has 28 heavy (non-hydrogen) atoms. The average Bonchev–Trinajstić information content (AvgIpc) is 3.39. The first-order chi connectivity index (χ1) is 13.4. The number of fused-ring (bicyclic) bond motifs is 1. The normalized spacial score (nSPS) is 41.9. The maximum atomic E-state index is 13.3. The molecule has 0 bridgehead atoms. The van der Waals surface area contributed by atoms with Crippen molar-refractivity contribution in [1.82, 2.24) is 0 Å². The second-order valence-corrected chi connectivity index (χ2v) is 8.45. The quantitative estimate of drug-likeness (QED) is 0.615. The number of esters is 2. The number of hydrogen-bond donors (Lipinski definition) is 1. The Morgan fingerprint density at radius 3 is 2.89 bits per heavy atom. The number of carbonyl (C=O) groups is 2. The molecule has 3 heterocycles. The van der Waals surface area contributed by atoms with Gasteiger partial charge in [-0.1, -0.05) is 6.92 Å². The summed E-state index contributed by atoms with van der Waals surface area (Å²) in [5.41, 5.74) is 0.499. The Morgan fingerprint density at radius 2 is 2.18 bits per heavy atom. The first-order valence-corrected chi connectivity index (χ1v) is 9.84. The Hall–Kier alpha value is -2.12. The fraction of sp³-hybridized carbons (Fsp3) is 0.619. The molecule has 1 N–H and O–H groups in total. The van der Waals surface area contributed by atoms with Crippen LogP contribution in [0.3, 0.4) is 0 Å². The van der Waals surface area contributed by atoms with Crippen LogP contribution in [-0.2, 0) is 23.8 Å². The summed E-state index contributed by atoms with van der Waals surface area (Å²) in [6.45, 7) is 2.03. The van der Waals surface area contributed by atoms with Crippen molar-refractivity contribution in [2.75, 3.05) is 7.11 Å². The molecule has 0 aromatic carbocycles. The van der Waals surface area contributed by atoms with E-state index in [-0.39, 0.29) is 24.1 Å². The van der Waals surface area contributed by atoms with Crippen LogP contribution >= 0.6 is 0 Å². The van der Waals surface area contributed by atoms with Crippen molar-refractivity contribution in [3.63, 3.8) is 0 Å². The van der Waals surface area contributed by atoms with E-state index in [1.54, 1.807) is 12.5 Å². The van der Waals surface area contributed by atoms with Crippen molar-refractivity contribution in [2.45, 2.75) is 57.5 Å². The fourth-order valence-corrected chi connectivity index (χ4v) is 6.06. The minimum atomic E-state index is -1.25. The van der Waals surface area contributed by atoms with Crippen LogP contribution in [-0.4, -0.2) is 36.5 Å². The number of cyclic esters (lactones) is 1. The van der Waals surface area contributed by atoms with Crippen LogP contribution in [0.4, 0.5) is 0 Å². The van der Waals surface area contributed by atoms with Crippen molar-refractivity contribution >= 4 is 11.9 Å². The Morgan fingerprint density at radius 1 is 1.36 bits per heavy atom. The standard InChI is InChI=1S/C21H24O7/c1-11-8-14-16-13(4-3-6-20(16,17(22)25-2)18(23)27-14)21(11)9-15(28-19(21)24)12-5-7-26-10-12/h5,7,10-11,14-15,18,23H,3-4,6,8-9H2,1-2H3/t11-,14+,15+,18+,20-,21+/m1/s1. The number of carbonyl (C=O) groups excluding carboxylic acids is 2. The highest BCUT2D eigenvalue weighted by Crippen LogP contribution is 2.65. The third-order valence-corrected chi connectivity index (χ3v) is 7.37. The Labute approximate surface area is 162 Å².